The van der Waals surface area contributed by atoms with Gasteiger partial charge in [0.2, 0.25) is 0 Å². The number of fused-ring (bicyclic) bond motifs is 1. The number of esters is 1. The second-order valence-corrected chi connectivity index (χ2v) is 4.66. The summed E-state index contributed by atoms with van der Waals surface area (Å²) in [4.78, 5) is 25.5. The minimum atomic E-state index is -0.421. The van der Waals surface area contributed by atoms with Crippen molar-refractivity contribution in [1.29, 1.82) is 0 Å². The van der Waals surface area contributed by atoms with Crippen molar-refractivity contribution in [3.05, 3.63) is 29.6 Å². The summed E-state index contributed by atoms with van der Waals surface area (Å²) in [6.45, 7) is 6.53. The van der Waals surface area contributed by atoms with Crippen molar-refractivity contribution in [2.75, 3.05) is 19.8 Å². The van der Waals surface area contributed by atoms with Gasteiger partial charge >= 0.3 is 12.1 Å². The largest absolute Gasteiger partial charge is 0.461 e. The molecule has 0 saturated heterocycles. The molecule has 0 spiro atoms. The molecule has 0 aliphatic carbocycles. The molecule has 2 rings (SSSR count). The van der Waals surface area contributed by atoms with E-state index in [0.717, 1.165) is 11.3 Å². The first-order valence-corrected chi connectivity index (χ1v) is 6.83. The molecule has 1 amide bonds. The van der Waals surface area contributed by atoms with E-state index < -0.39 is 12.1 Å². The standard InChI is InChI=1S/C14H19N3O4/c1-4-8-21-14(19)17-7-6-11-10(9-17)12(16(3)15-11)13(18)20-5-2/h4H,1,5-9H2,2-3H3. The molecule has 1 aromatic heterocycles. The Labute approximate surface area is 123 Å². The first kappa shape index (κ1) is 15.1. The summed E-state index contributed by atoms with van der Waals surface area (Å²) in [5.41, 5.74) is 1.96. The summed E-state index contributed by atoms with van der Waals surface area (Å²) in [5.74, 6) is -0.421. The van der Waals surface area contributed by atoms with Crippen molar-refractivity contribution in [3.63, 3.8) is 0 Å². The zero-order valence-corrected chi connectivity index (χ0v) is 12.3. The Kier molecular flexibility index (Phi) is 4.62. The second kappa shape index (κ2) is 6.43. The maximum atomic E-state index is 12.0. The van der Waals surface area contributed by atoms with Gasteiger partial charge in [-0.05, 0) is 6.92 Å². The van der Waals surface area contributed by atoms with Gasteiger partial charge in [0.05, 0.1) is 18.8 Å². The van der Waals surface area contributed by atoms with Crippen LogP contribution in [0.1, 0.15) is 28.7 Å². The summed E-state index contributed by atoms with van der Waals surface area (Å²) in [5, 5.41) is 4.33. The lowest BCUT2D eigenvalue weighted by Gasteiger charge is -2.25. The highest BCUT2D eigenvalue weighted by atomic mass is 16.6. The summed E-state index contributed by atoms with van der Waals surface area (Å²) >= 11 is 0. The van der Waals surface area contributed by atoms with Gasteiger partial charge < -0.3 is 14.4 Å². The highest BCUT2D eigenvalue weighted by Crippen LogP contribution is 2.23. The molecule has 0 saturated carbocycles. The molecule has 7 heteroatoms. The van der Waals surface area contributed by atoms with Crippen LogP contribution in [0.3, 0.4) is 0 Å². The molecule has 114 valence electrons. The zero-order valence-electron chi connectivity index (χ0n) is 12.3. The van der Waals surface area contributed by atoms with Crippen LogP contribution < -0.4 is 0 Å². The maximum absolute atomic E-state index is 12.0. The van der Waals surface area contributed by atoms with Crippen LogP contribution in [-0.2, 0) is 29.5 Å². The Bertz CT molecular complexity index is 565. The van der Waals surface area contributed by atoms with Crippen molar-refractivity contribution in [2.24, 2.45) is 7.05 Å². The lowest BCUT2D eigenvalue weighted by molar-refractivity contribution is 0.0509. The van der Waals surface area contributed by atoms with Crippen molar-refractivity contribution >= 4 is 12.1 Å². The molecule has 0 unspecified atom stereocenters. The Morgan fingerprint density at radius 1 is 1.43 bits per heavy atom. The Hall–Kier alpha value is -2.31. The average molecular weight is 293 g/mol. The molecule has 0 atom stereocenters. The monoisotopic (exact) mass is 293 g/mol. The molecule has 1 aliphatic rings. The van der Waals surface area contributed by atoms with E-state index in [4.69, 9.17) is 9.47 Å². The maximum Gasteiger partial charge on any atom is 0.410 e. The number of ether oxygens (including phenoxy) is 2. The van der Waals surface area contributed by atoms with E-state index in [1.807, 2.05) is 0 Å². The molecule has 7 nitrogen and oxygen atoms in total. The van der Waals surface area contributed by atoms with Gasteiger partial charge in [0.25, 0.3) is 0 Å². The molecule has 1 aliphatic heterocycles. The minimum absolute atomic E-state index is 0.167. The SMILES string of the molecule is C=CCOC(=O)N1CCc2nn(C)c(C(=O)OCC)c2C1. The number of aromatic nitrogens is 2. The number of rotatable bonds is 4. The van der Waals surface area contributed by atoms with Crippen LogP contribution in [0.2, 0.25) is 0 Å². The number of amides is 1. The van der Waals surface area contributed by atoms with Crippen LogP contribution in [0.25, 0.3) is 0 Å². The van der Waals surface area contributed by atoms with E-state index in [2.05, 4.69) is 11.7 Å². The van der Waals surface area contributed by atoms with E-state index in [-0.39, 0.29) is 6.61 Å². The molecule has 1 aromatic rings. The molecular weight excluding hydrogens is 274 g/mol. The number of carbonyl (C=O) groups is 2. The smallest absolute Gasteiger partial charge is 0.410 e. The Morgan fingerprint density at radius 2 is 2.19 bits per heavy atom. The van der Waals surface area contributed by atoms with Gasteiger partial charge in [-0.1, -0.05) is 12.7 Å². The number of nitrogens with zero attached hydrogens (tertiary/aromatic N) is 3. The number of aryl methyl sites for hydroxylation is 1. The molecule has 0 radical (unpaired) electrons. The van der Waals surface area contributed by atoms with Crippen molar-refractivity contribution < 1.29 is 19.1 Å². The lowest BCUT2D eigenvalue weighted by atomic mass is 10.1. The van der Waals surface area contributed by atoms with Gasteiger partial charge in [-0.3, -0.25) is 4.68 Å². The van der Waals surface area contributed by atoms with E-state index in [1.54, 1.807) is 18.9 Å². The third-order valence-electron chi connectivity index (χ3n) is 3.25. The number of hydrogen-bond donors (Lipinski definition) is 0. The first-order chi connectivity index (χ1) is 10.1. The molecule has 0 fully saturated rings. The third-order valence-corrected chi connectivity index (χ3v) is 3.25. The fourth-order valence-corrected chi connectivity index (χ4v) is 2.33. The van der Waals surface area contributed by atoms with Gasteiger partial charge in [-0.25, -0.2) is 9.59 Å². The normalized spacial score (nSPS) is 13.5. The van der Waals surface area contributed by atoms with Crippen molar-refractivity contribution in [1.82, 2.24) is 14.7 Å². The van der Waals surface area contributed by atoms with Crippen LogP contribution >= 0.6 is 0 Å². The number of hydrogen-bond acceptors (Lipinski definition) is 5. The van der Waals surface area contributed by atoms with Crippen molar-refractivity contribution in [3.8, 4) is 0 Å². The van der Waals surface area contributed by atoms with Gasteiger partial charge in [0.15, 0.2) is 5.69 Å². The molecule has 0 N–H and O–H groups in total. The quantitative estimate of drug-likeness (QED) is 0.617. The lowest BCUT2D eigenvalue weighted by Crippen LogP contribution is -2.36. The summed E-state index contributed by atoms with van der Waals surface area (Å²) in [7, 11) is 1.70. The van der Waals surface area contributed by atoms with Crippen LogP contribution in [0.4, 0.5) is 4.79 Å². The van der Waals surface area contributed by atoms with E-state index >= 15 is 0 Å². The highest BCUT2D eigenvalue weighted by molar-refractivity contribution is 5.89. The molecule has 21 heavy (non-hydrogen) atoms. The summed E-state index contributed by atoms with van der Waals surface area (Å²) in [6.07, 6.45) is 1.69. The van der Waals surface area contributed by atoms with E-state index in [9.17, 15) is 9.59 Å². The van der Waals surface area contributed by atoms with Crippen LogP contribution in [0.5, 0.6) is 0 Å². The zero-order chi connectivity index (χ0) is 15.4. The fraction of sp³-hybridized carbons (Fsp3) is 0.500. The average Bonchev–Trinajstić information content (AvgIpc) is 2.79. The van der Waals surface area contributed by atoms with Crippen LogP contribution in [-0.4, -0.2) is 46.5 Å². The summed E-state index contributed by atoms with van der Waals surface area (Å²) in [6, 6.07) is 0. The predicted molar refractivity (Wildman–Crippen MR) is 74.8 cm³/mol. The molecule has 0 aromatic carbocycles. The fourth-order valence-electron chi connectivity index (χ4n) is 2.33. The van der Waals surface area contributed by atoms with Crippen LogP contribution in [0, 0.1) is 0 Å². The Morgan fingerprint density at radius 3 is 2.86 bits per heavy atom. The van der Waals surface area contributed by atoms with Gasteiger partial charge in [-0.2, -0.15) is 5.10 Å². The Balaban J connectivity index is 2.20. The minimum Gasteiger partial charge on any atom is -0.461 e. The van der Waals surface area contributed by atoms with Crippen LogP contribution in [0.15, 0.2) is 12.7 Å². The van der Waals surface area contributed by atoms with Gasteiger partial charge in [-0.15, -0.1) is 0 Å². The third kappa shape index (κ3) is 3.07. The second-order valence-electron chi connectivity index (χ2n) is 4.66. The van der Waals surface area contributed by atoms with E-state index in [1.165, 1.54) is 10.8 Å². The summed E-state index contributed by atoms with van der Waals surface area (Å²) < 4.78 is 11.6. The highest BCUT2D eigenvalue weighted by Gasteiger charge is 2.30. The van der Waals surface area contributed by atoms with Crippen molar-refractivity contribution in [2.45, 2.75) is 19.9 Å². The molecule has 0 bridgehead atoms. The first-order valence-electron chi connectivity index (χ1n) is 6.83. The van der Waals surface area contributed by atoms with E-state index in [0.29, 0.717) is 31.8 Å². The molecular formula is C14H19N3O4. The van der Waals surface area contributed by atoms with Gasteiger partial charge in [0.1, 0.15) is 6.61 Å². The molecule has 2 heterocycles. The topological polar surface area (TPSA) is 73.7 Å². The number of carbonyl (C=O) groups excluding carboxylic acids is 2. The predicted octanol–water partition coefficient (Wildman–Crippen LogP) is 1.28. The van der Waals surface area contributed by atoms with Gasteiger partial charge in [0, 0.05) is 25.6 Å².